The lowest BCUT2D eigenvalue weighted by Crippen LogP contribution is -2.45. The highest BCUT2D eigenvalue weighted by molar-refractivity contribution is 9.10. The Kier molecular flexibility index (Phi) is 7.17. The fraction of sp³-hybridized carbons (Fsp3) is 0.318. The van der Waals surface area contributed by atoms with E-state index in [1.54, 1.807) is 17.0 Å². The lowest BCUT2D eigenvalue weighted by molar-refractivity contribution is -0.126. The minimum absolute atomic E-state index is 0.0430. The molecule has 8 nitrogen and oxygen atoms in total. The number of rotatable bonds is 6. The zero-order valence-electron chi connectivity index (χ0n) is 17.5. The van der Waals surface area contributed by atoms with Crippen molar-refractivity contribution in [1.29, 1.82) is 0 Å². The summed E-state index contributed by atoms with van der Waals surface area (Å²) in [6, 6.07) is 12.1. The van der Waals surface area contributed by atoms with Crippen molar-refractivity contribution in [1.82, 2.24) is 10.9 Å². The van der Waals surface area contributed by atoms with E-state index in [-0.39, 0.29) is 25.0 Å². The summed E-state index contributed by atoms with van der Waals surface area (Å²) in [5.41, 5.74) is 5.82. The van der Waals surface area contributed by atoms with Gasteiger partial charge in [0, 0.05) is 28.7 Å². The molecule has 1 heterocycles. The van der Waals surface area contributed by atoms with Crippen LogP contribution in [0.25, 0.3) is 0 Å². The molecule has 2 N–H and O–H groups in total. The Morgan fingerprint density at radius 3 is 2.58 bits per heavy atom. The Morgan fingerprint density at radius 1 is 1.13 bits per heavy atom. The molecule has 0 aliphatic carbocycles. The molecule has 1 fully saturated rings. The van der Waals surface area contributed by atoms with Crippen LogP contribution in [0.15, 0.2) is 46.9 Å². The number of amides is 3. The van der Waals surface area contributed by atoms with E-state index < -0.39 is 17.7 Å². The molecule has 164 valence electrons. The molecule has 0 saturated carbocycles. The molecule has 3 amide bonds. The average Bonchev–Trinajstić information content (AvgIpc) is 3.13. The van der Waals surface area contributed by atoms with Crippen molar-refractivity contribution in [3.63, 3.8) is 0 Å². The number of ether oxygens (including phenoxy) is 2. The predicted molar refractivity (Wildman–Crippen MR) is 119 cm³/mol. The molecule has 1 aliphatic heterocycles. The molecule has 0 radical (unpaired) electrons. The summed E-state index contributed by atoms with van der Waals surface area (Å²) in [5, 5.41) is 0. The molecule has 3 rings (SSSR count). The van der Waals surface area contributed by atoms with Gasteiger partial charge in [0.2, 0.25) is 11.8 Å². The van der Waals surface area contributed by atoms with Crippen LogP contribution in [-0.2, 0) is 9.59 Å². The third-order valence-electron chi connectivity index (χ3n) is 4.70. The molecule has 0 aromatic heterocycles. The van der Waals surface area contributed by atoms with Crippen molar-refractivity contribution < 1.29 is 23.9 Å². The van der Waals surface area contributed by atoms with Crippen molar-refractivity contribution in [2.45, 2.75) is 26.4 Å². The monoisotopic (exact) mass is 489 g/mol. The maximum Gasteiger partial charge on any atom is 0.269 e. The Balaban J connectivity index is 1.59. The fourth-order valence-corrected chi connectivity index (χ4v) is 3.62. The van der Waals surface area contributed by atoms with E-state index in [1.807, 2.05) is 38.1 Å². The topological polar surface area (TPSA) is 97.0 Å². The van der Waals surface area contributed by atoms with Gasteiger partial charge in [-0.1, -0.05) is 22.0 Å². The lowest BCUT2D eigenvalue weighted by Gasteiger charge is -2.17. The fourth-order valence-electron chi connectivity index (χ4n) is 3.23. The highest BCUT2D eigenvalue weighted by Gasteiger charge is 2.35. The number of halogens is 1. The summed E-state index contributed by atoms with van der Waals surface area (Å²) in [7, 11) is 1.49. The molecule has 0 spiro atoms. The van der Waals surface area contributed by atoms with Gasteiger partial charge in [-0.25, -0.2) is 0 Å². The van der Waals surface area contributed by atoms with Crippen molar-refractivity contribution in [2.75, 3.05) is 18.6 Å². The molecular weight excluding hydrogens is 466 g/mol. The van der Waals surface area contributed by atoms with Crippen LogP contribution in [0, 0.1) is 5.92 Å². The lowest BCUT2D eigenvalue weighted by atomic mass is 10.1. The highest BCUT2D eigenvalue weighted by atomic mass is 79.9. The Hall–Kier alpha value is -3.07. The number of carbonyl (C=O) groups is 3. The number of hydrazine groups is 1. The minimum Gasteiger partial charge on any atom is -0.493 e. The molecule has 1 atom stereocenters. The van der Waals surface area contributed by atoms with Crippen molar-refractivity contribution in [2.24, 2.45) is 5.92 Å². The van der Waals surface area contributed by atoms with E-state index >= 15 is 0 Å². The second kappa shape index (κ2) is 9.82. The summed E-state index contributed by atoms with van der Waals surface area (Å²) in [6.45, 7) is 4.02. The van der Waals surface area contributed by atoms with Gasteiger partial charge in [-0.3, -0.25) is 25.2 Å². The van der Waals surface area contributed by atoms with E-state index in [4.69, 9.17) is 9.47 Å². The van der Waals surface area contributed by atoms with Crippen LogP contribution in [0.2, 0.25) is 0 Å². The standard InChI is InChI=1S/C22H24BrN3O5/c1-13(2)31-18-8-7-14(9-19(18)30-3)21(28)24-25-22(29)15-10-20(27)26(12-15)17-6-4-5-16(23)11-17/h4-9,11,13,15H,10,12H2,1-3H3,(H,24,28)(H,25,29). The average molecular weight is 490 g/mol. The molecule has 31 heavy (non-hydrogen) atoms. The van der Waals surface area contributed by atoms with Crippen molar-refractivity contribution in [3.8, 4) is 11.5 Å². The second-order valence-corrected chi connectivity index (χ2v) is 8.28. The van der Waals surface area contributed by atoms with Crippen molar-refractivity contribution >= 4 is 39.3 Å². The maximum absolute atomic E-state index is 12.5. The van der Waals surface area contributed by atoms with Gasteiger partial charge < -0.3 is 14.4 Å². The molecule has 0 bridgehead atoms. The SMILES string of the molecule is COc1cc(C(=O)NNC(=O)C2CC(=O)N(c3cccc(Br)c3)C2)ccc1OC(C)C. The zero-order chi connectivity index (χ0) is 22.5. The summed E-state index contributed by atoms with van der Waals surface area (Å²) >= 11 is 3.38. The van der Waals surface area contributed by atoms with Gasteiger partial charge in [0.1, 0.15) is 0 Å². The van der Waals surface area contributed by atoms with Crippen LogP contribution < -0.4 is 25.2 Å². The number of hydrogen-bond acceptors (Lipinski definition) is 5. The number of carbonyl (C=O) groups excluding carboxylic acids is 3. The third kappa shape index (κ3) is 5.55. The molecule has 1 saturated heterocycles. The summed E-state index contributed by atoms with van der Waals surface area (Å²) in [5.74, 6) is -0.700. The second-order valence-electron chi connectivity index (χ2n) is 7.36. The number of methoxy groups -OCH3 is 1. The van der Waals surface area contributed by atoms with Gasteiger partial charge in [-0.2, -0.15) is 0 Å². The quantitative estimate of drug-likeness (QED) is 0.607. The maximum atomic E-state index is 12.5. The summed E-state index contributed by atoms with van der Waals surface area (Å²) in [6.07, 6.45) is 0.0297. The van der Waals surface area contributed by atoms with E-state index in [0.29, 0.717) is 17.1 Å². The molecular formula is C22H24BrN3O5. The Labute approximate surface area is 189 Å². The van der Waals surface area contributed by atoms with Crippen LogP contribution in [-0.4, -0.2) is 37.5 Å². The van der Waals surface area contributed by atoms with E-state index in [9.17, 15) is 14.4 Å². The number of nitrogens with one attached hydrogen (secondary N) is 2. The first-order valence-corrected chi connectivity index (χ1v) is 10.6. The zero-order valence-corrected chi connectivity index (χ0v) is 19.1. The van der Waals surface area contributed by atoms with E-state index in [2.05, 4.69) is 26.8 Å². The minimum atomic E-state index is -0.567. The van der Waals surface area contributed by atoms with Crippen LogP contribution in [0.1, 0.15) is 30.6 Å². The summed E-state index contributed by atoms with van der Waals surface area (Å²) in [4.78, 5) is 38.9. The first kappa shape index (κ1) is 22.6. The van der Waals surface area contributed by atoms with Crippen LogP contribution in [0.4, 0.5) is 5.69 Å². The predicted octanol–water partition coefficient (Wildman–Crippen LogP) is 3.06. The molecule has 1 aliphatic rings. The largest absolute Gasteiger partial charge is 0.493 e. The number of benzene rings is 2. The Bertz CT molecular complexity index is 995. The first-order valence-electron chi connectivity index (χ1n) is 9.79. The normalized spacial score (nSPS) is 15.7. The van der Waals surface area contributed by atoms with Gasteiger partial charge in [0.05, 0.1) is 19.1 Å². The Morgan fingerprint density at radius 2 is 1.90 bits per heavy atom. The van der Waals surface area contributed by atoms with Gasteiger partial charge in [-0.05, 0) is 50.2 Å². The van der Waals surface area contributed by atoms with E-state index in [0.717, 1.165) is 10.2 Å². The van der Waals surface area contributed by atoms with Crippen LogP contribution >= 0.6 is 15.9 Å². The van der Waals surface area contributed by atoms with Gasteiger partial charge in [0.15, 0.2) is 11.5 Å². The van der Waals surface area contributed by atoms with Gasteiger partial charge >= 0.3 is 0 Å². The third-order valence-corrected chi connectivity index (χ3v) is 5.20. The molecule has 1 unspecified atom stereocenters. The molecule has 9 heteroatoms. The first-order chi connectivity index (χ1) is 14.8. The highest BCUT2D eigenvalue weighted by Crippen LogP contribution is 2.29. The molecule has 2 aromatic carbocycles. The smallest absolute Gasteiger partial charge is 0.269 e. The number of nitrogens with zero attached hydrogens (tertiary/aromatic N) is 1. The number of hydrogen-bond donors (Lipinski definition) is 2. The van der Waals surface area contributed by atoms with Gasteiger partial charge in [-0.15, -0.1) is 0 Å². The van der Waals surface area contributed by atoms with E-state index in [1.165, 1.54) is 13.2 Å². The number of anilines is 1. The van der Waals surface area contributed by atoms with Crippen molar-refractivity contribution in [3.05, 3.63) is 52.5 Å². The summed E-state index contributed by atoms with van der Waals surface area (Å²) < 4.78 is 11.8. The molecule has 2 aromatic rings. The van der Waals surface area contributed by atoms with Gasteiger partial charge in [0.25, 0.3) is 5.91 Å². The van der Waals surface area contributed by atoms with Crippen LogP contribution in [0.5, 0.6) is 11.5 Å². The van der Waals surface area contributed by atoms with Crippen LogP contribution in [0.3, 0.4) is 0 Å².